The Morgan fingerprint density at radius 2 is 1.67 bits per heavy atom. The van der Waals surface area contributed by atoms with Gasteiger partial charge in [0.25, 0.3) is 5.91 Å². The van der Waals surface area contributed by atoms with Crippen molar-refractivity contribution in [1.29, 1.82) is 0 Å². The summed E-state index contributed by atoms with van der Waals surface area (Å²) in [6.45, 7) is 2.38. The largest absolute Gasteiger partial charge is 0.494 e. The molecule has 2 aliphatic rings. The number of carbonyl (C=O) groups excluding carboxylic acids is 2. The molecule has 1 saturated heterocycles. The number of rotatable bonds is 7. The fourth-order valence-corrected chi connectivity index (χ4v) is 6.20. The number of carbonyl (C=O) groups is 2. The van der Waals surface area contributed by atoms with Crippen molar-refractivity contribution < 1.29 is 22.7 Å². The maximum Gasteiger partial charge on any atom is 0.252 e. The van der Waals surface area contributed by atoms with Gasteiger partial charge in [-0.15, -0.1) is 0 Å². The van der Waals surface area contributed by atoms with Gasteiger partial charge >= 0.3 is 0 Å². The maximum atomic E-state index is 13.7. The Bertz CT molecular complexity index is 1330. The van der Waals surface area contributed by atoms with Crippen molar-refractivity contribution in [3.63, 3.8) is 0 Å². The van der Waals surface area contributed by atoms with Gasteiger partial charge in [0.1, 0.15) is 11.8 Å². The van der Waals surface area contributed by atoms with Gasteiger partial charge in [-0.05, 0) is 66.9 Å². The molecule has 33 heavy (non-hydrogen) atoms. The highest BCUT2D eigenvalue weighted by Gasteiger charge is 2.51. The third-order valence-corrected chi connectivity index (χ3v) is 8.00. The van der Waals surface area contributed by atoms with E-state index in [1.54, 1.807) is 42.5 Å². The molecule has 1 unspecified atom stereocenters. The second-order valence-corrected chi connectivity index (χ2v) is 10.1. The molecule has 1 atom stereocenters. The van der Waals surface area contributed by atoms with Crippen LogP contribution in [0.1, 0.15) is 26.2 Å². The zero-order valence-corrected chi connectivity index (χ0v) is 19.0. The number of ether oxygens (including phenoxy) is 1. The van der Waals surface area contributed by atoms with Crippen LogP contribution in [0.25, 0.3) is 10.8 Å². The maximum absolute atomic E-state index is 13.7. The number of amides is 2. The SMILES string of the molecule is CCOc1ccc(N2C(=O)CC(N(C3CC3)S(=O)(=O)c3ccc4ccccc4c3)C2=O)cc1. The van der Waals surface area contributed by atoms with E-state index >= 15 is 0 Å². The third-order valence-electron chi connectivity index (χ3n) is 6.04. The summed E-state index contributed by atoms with van der Waals surface area (Å²) in [5.41, 5.74) is 0.412. The number of anilines is 1. The van der Waals surface area contributed by atoms with E-state index in [9.17, 15) is 18.0 Å². The zero-order valence-electron chi connectivity index (χ0n) is 18.2. The molecule has 1 saturated carbocycles. The van der Waals surface area contributed by atoms with Crippen LogP contribution in [-0.4, -0.2) is 43.2 Å². The summed E-state index contributed by atoms with van der Waals surface area (Å²) in [5.74, 6) is -0.288. The lowest BCUT2D eigenvalue weighted by Gasteiger charge is -2.27. The topological polar surface area (TPSA) is 84.0 Å². The smallest absolute Gasteiger partial charge is 0.252 e. The number of fused-ring (bicyclic) bond motifs is 1. The highest BCUT2D eigenvalue weighted by molar-refractivity contribution is 7.89. The average molecular weight is 465 g/mol. The Labute approximate surface area is 192 Å². The number of hydrogen-bond donors (Lipinski definition) is 0. The normalized spacial score (nSPS) is 19.0. The molecular formula is C25H24N2O5S. The van der Waals surface area contributed by atoms with Crippen molar-refractivity contribution in [2.45, 2.75) is 43.2 Å². The van der Waals surface area contributed by atoms with Gasteiger partial charge in [-0.3, -0.25) is 9.59 Å². The predicted octanol–water partition coefficient (Wildman–Crippen LogP) is 3.72. The Kier molecular flexibility index (Phi) is 5.42. The summed E-state index contributed by atoms with van der Waals surface area (Å²) >= 11 is 0. The third kappa shape index (κ3) is 3.89. The van der Waals surface area contributed by atoms with Crippen LogP contribution in [0.5, 0.6) is 5.75 Å². The van der Waals surface area contributed by atoms with Crippen LogP contribution < -0.4 is 9.64 Å². The van der Waals surface area contributed by atoms with Crippen LogP contribution in [0.2, 0.25) is 0 Å². The number of nitrogens with zero attached hydrogens (tertiary/aromatic N) is 2. The number of benzene rings is 3. The van der Waals surface area contributed by atoms with Crippen molar-refractivity contribution in [3.05, 3.63) is 66.7 Å². The van der Waals surface area contributed by atoms with Crippen molar-refractivity contribution in [3.8, 4) is 5.75 Å². The molecule has 2 fully saturated rings. The minimum atomic E-state index is -3.98. The molecule has 5 rings (SSSR count). The van der Waals surface area contributed by atoms with E-state index in [-0.39, 0.29) is 17.4 Å². The van der Waals surface area contributed by atoms with Crippen LogP contribution in [0.3, 0.4) is 0 Å². The second kappa shape index (κ2) is 8.28. The summed E-state index contributed by atoms with van der Waals surface area (Å²) in [6.07, 6.45) is 1.18. The van der Waals surface area contributed by atoms with Crippen molar-refractivity contribution in [2.75, 3.05) is 11.5 Å². The van der Waals surface area contributed by atoms with E-state index in [4.69, 9.17) is 4.74 Å². The molecule has 170 valence electrons. The molecule has 2 amide bonds. The molecule has 0 spiro atoms. The van der Waals surface area contributed by atoms with Crippen molar-refractivity contribution in [1.82, 2.24) is 4.31 Å². The van der Waals surface area contributed by atoms with Crippen LogP contribution in [-0.2, 0) is 19.6 Å². The fraction of sp³-hybridized carbons (Fsp3) is 0.280. The summed E-state index contributed by atoms with van der Waals surface area (Å²) in [7, 11) is -3.98. The van der Waals surface area contributed by atoms with E-state index in [1.165, 1.54) is 4.31 Å². The van der Waals surface area contributed by atoms with Gasteiger partial charge in [-0.1, -0.05) is 30.3 Å². The van der Waals surface area contributed by atoms with Crippen molar-refractivity contribution >= 4 is 38.3 Å². The van der Waals surface area contributed by atoms with Crippen LogP contribution in [0.15, 0.2) is 71.6 Å². The first-order valence-corrected chi connectivity index (χ1v) is 12.5. The number of imide groups is 1. The van der Waals surface area contributed by atoms with Gasteiger partial charge in [-0.25, -0.2) is 13.3 Å². The molecule has 1 heterocycles. The molecule has 1 aliphatic carbocycles. The summed E-state index contributed by atoms with van der Waals surface area (Å²) in [4.78, 5) is 27.4. The monoisotopic (exact) mass is 464 g/mol. The van der Waals surface area contributed by atoms with E-state index < -0.39 is 27.9 Å². The molecule has 0 aromatic heterocycles. The molecule has 3 aromatic rings. The quantitative estimate of drug-likeness (QED) is 0.498. The predicted molar refractivity (Wildman–Crippen MR) is 125 cm³/mol. The lowest BCUT2D eigenvalue weighted by atomic mass is 10.1. The van der Waals surface area contributed by atoms with Gasteiger partial charge in [0.05, 0.1) is 23.6 Å². The van der Waals surface area contributed by atoms with Gasteiger partial charge in [0.2, 0.25) is 15.9 Å². The minimum Gasteiger partial charge on any atom is -0.494 e. The summed E-state index contributed by atoms with van der Waals surface area (Å²) < 4.78 is 34.1. The van der Waals surface area contributed by atoms with Crippen LogP contribution >= 0.6 is 0 Å². The molecule has 7 nitrogen and oxygen atoms in total. The van der Waals surface area contributed by atoms with Gasteiger partial charge < -0.3 is 4.74 Å². The fourth-order valence-electron chi connectivity index (χ4n) is 4.34. The molecule has 0 N–H and O–H groups in total. The molecule has 1 aliphatic heterocycles. The van der Waals surface area contributed by atoms with Gasteiger partial charge in [0.15, 0.2) is 0 Å². The van der Waals surface area contributed by atoms with E-state index in [2.05, 4.69) is 0 Å². The molecule has 8 heteroatoms. The lowest BCUT2D eigenvalue weighted by molar-refractivity contribution is -0.122. The Hall–Kier alpha value is -3.23. The average Bonchev–Trinajstić information content (AvgIpc) is 3.60. The molecular weight excluding hydrogens is 440 g/mol. The van der Waals surface area contributed by atoms with E-state index in [0.717, 1.165) is 15.7 Å². The summed E-state index contributed by atoms with van der Waals surface area (Å²) in [6, 6.07) is 17.8. The number of hydrogen-bond acceptors (Lipinski definition) is 5. The highest BCUT2D eigenvalue weighted by atomic mass is 32.2. The van der Waals surface area contributed by atoms with Gasteiger partial charge in [-0.2, -0.15) is 4.31 Å². The first kappa shape index (κ1) is 21.6. The van der Waals surface area contributed by atoms with E-state index in [1.807, 2.05) is 31.2 Å². The first-order valence-electron chi connectivity index (χ1n) is 11.0. The summed E-state index contributed by atoms with van der Waals surface area (Å²) in [5, 5.41) is 1.74. The van der Waals surface area contributed by atoms with Crippen LogP contribution in [0.4, 0.5) is 5.69 Å². The highest BCUT2D eigenvalue weighted by Crippen LogP contribution is 2.38. The number of sulfonamides is 1. The molecule has 0 bridgehead atoms. The van der Waals surface area contributed by atoms with Gasteiger partial charge in [0, 0.05) is 6.04 Å². The first-order chi connectivity index (χ1) is 15.9. The van der Waals surface area contributed by atoms with E-state index in [0.29, 0.717) is 30.9 Å². The Balaban J connectivity index is 1.48. The minimum absolute atomic E-state index is 0.132. The molecule has 0 radical (unpaired) electrons. The Morgan fingerprint density at radius 3 is 2.33 bits per heavy atom. The standard InChI is InChI=1S/C25H24N2O5S/c1-2-32-21-12-10-19(11-13-21)26-24(28)16-23(25(26)29)27(20-8-9-20)33(30,31)22-14-7-17-5-3-4-6-18(17)15-22/h3-7,10-15,20,23H,2,8-9,16H2,1H3. The Morgan fingerprint density at radius 1 is 0.970 bits per heavy atom. The second-order valence-electron chi connectivity index (χ2n) is 8.29. The van der Waals surface area contributed by atoms with Crippen molar-refractivity contribution in [2.24, 2.45) is 0 Å². The van der Waals surface area contributed by atoms with Crippen LogP contribution in [0, 0.1) is 0 Å². The molecule has 3 aromatic carbocycles. The lowest BCUT2D eigenvalue weighted by Crippen LogP contribution is -2.46. The zero-order chi connectivity index (χ0) is 23.2.